The molecule has 2 heterocycles. The molecule has 2 atom stereocenters. The van der Waals surface area contributed by atoms with Gasteiger partial charge in [-0.2, -0.15) is 0 Å². The van der Waals surface area contributed by atoms with Crippen molar-refractivity contribution in [3.05, 3.63) is 42.2 Å². The Morgan fingerprint density at radius 1 is 1.18 bits per heavy atom. The van der Waals surface area contributed by atoms with E-state index < -0.39 is 0 Å². The summed E-state index contributed by atoms with van der Waals surface area (Å²) in [5, 5.41) is 3.58. The van der Waals surface area contributed by atoms with Gasteiger partial charge in [0, 0.05) is 30.4 Å². The summed E-state index contributed by atoms with van der Waals surface area (Å²) in [6.07, 6.45) is 1.82. The fourth-order valence-electron chi connectivity index (χ4n) is 3.07. The Hall–Kier alpha value is -2.45. The Bertz CT molecular complexity index is 834. The van der Waals surface area contributed by atoms with Crippen LogP contribution < -0.4 is 10.2 Å². The van der Waals surface area contributed by atoms with Gasteiger partial charge in [0.15, 0.2) is 5.78 Å². The van der Waals surface area contributed by atoms with Crippen LogP contribution in [0.15, 0.2) is 41.7 Å². The van der Waals surface area contributed by atoms with E-state index in [2.05, 4.69) is 20.2 Å². The average Bonchev–Trinajstić information content (AvgIpc) is 2.66. The van der Waals surface area contributed by atoms with E-state index in [4.69, 9.17) is 4.74 Å². The molecular formula is C20H24N4O3S. The molecule has 1 aromatic heterocycles. The molecule has 7 nitrogen and oxygen atoms in total. The molecule has 1 aliphatic rings. The predicted molar refractivity (Wildman–Crippen MR) is 110 cm³/mol. The number of ether oxygens (including phenoxy) is 1. The van der Waals surface area contributed by atoms with E-state index in [9.17, 15) is 9.59 Å². The highest BCUT2D eigenvalue weighted by molar-refractivity contribution is 7.99. The molecule has 1 fully saturated rings. The first-order valence-electron chi connectivity index (χ1n) is 9.17. The van der Waals surface area contributed by atoms with Gasteiger partial charge in [-0.3, -0.25) is 9.59 Å². The fourth-order valence-corrected chi connectivity index (χ4v) is 3.73. The van der Waals surface area contributed by atoms with Gasteiger partial charge in [-0.25, -0.2) is 9.97 Å². The van der Waals surface area contributed by atoms with Crippen LogP contribution in [0.1, 0.15) is 31.1 Å². The highest BCUT2D eigenvalue weighted by Gasteiger charge is 2.23. The first-order chi connectivity index (χ1) is 13.4. The molecule has 0 bridgehead atoms. The van der Waals surface area contributed by atoms with Crippen molar-refractivity contribution >= 4 is 35.0 Å². The Balaban J connectivity index is 1.55. The average molecular weight is 401 g/mol. The molecule has 8 heteroatoms. The number of benzene rings is 1. The van der Waals surface area contributed by atoms with E-state index in [1.807, 2.05) is 19.9 Å². The summed E-state index contributed by atoms with van der Waals surface area (Å²) in [5.74, 6) is 0.951. The van der Waals surface area contributed by atoms with Crippen molar-refractivity contribution in [3.63, 3.8) is 0 Å². The molecule has 28 heavy (non-hydrogen) atoms. The van der Waals surface area contributed by atoms with Crippen LogP contribution in [0.2, 0.25) is 0 Å². The van der Waals surface area contributed by atoms with Crippen LogP contribution >= 0.6 is 11.8 Å². The zero-order chi connectivity index (χ0) is 20.1. The molecule has 0 radical (unpaired) electrons. The fraction of sp³-hybridized carbons (Fsp3) is 0.400. The number of anilines is 2. The second-order valence-electron chi connectivity index (χ2n) is 6.85. The van der Waals surface area contributed by atoms with Crippen molar-refractivity contribution in [3.8, 4) is 0 Å². The zero-order valence-electron chi connectivity index (χ0n) is 16.2. The molecule has 148 valence electrons. The van der Waals surface area contributed by atoms with Crippen molar-refractivity contribution in [2.75, 3.05) is 29.1 Å². The Morgan fingerprint density at radius 3 is 2.50 bits per heavy atom. The van der Waals surface area contributed by atoms with E-state index in [-0.39, 0.29) is 29.7 Å². The van der Waals surface area contributed by atoms with Gasteiger partial charge in [-0.15, -0.1) is 0 Å². The van der Waals surface area contributed by atoms with E-state index in [0.29, 0.717) is 11.3 Å². The van der Waals surface area contributed by atoms with Crippen LogP contribution in [-0.2, 0) is 9.53 Å². The molecule has 2 aromatic rings. The number of aromatic nitrogens is 2. The van der Waals surface area contributed by atoms with Crippen molar-refractivity contribution in [1.82, 2.24) is 9.97 Å². The third kappa shape index (κ3) is 5.53. The lowest BCUT2D eigenvalue weighted by Gasteiger charge is -2.36. The number of thioether (sulfide) groups is 1. The van der Waals surface area contributed by atoms with Crippen LogP contribution in [0.25, 0.3) is 0 Å². The van der Waals surface area contributed by atoms with Crippen molar-refractivity contribution in [1.29, 1.82) is 0 Å². The first-order valence-corrected chi connectivity index (χ1v) is 10.2. The highest BCUT2D eigenvalue weighted by Crippen LogP contribution is 2.23. The lowest BCUT2D eigenvalue weighted by molar-refractivity contribution is -0.113. The first kappa shape index (κ1) is 20.3. The SMILES string of the molecule is CC(=O)c1ccc(NC(=O)CSc2cc(N3CC(C)OC(C)C3)ncn2)cc1. The number of amides is 1. The molecule has 1 aromatic carbocycles. The quantitative estimate of drug-likeness (QED) is 0.453. The molecule has 1 amide bonds. The summed E-state index contributed by atoms with van der Waals surface area (Å²) in [7, 11) is 0. The smallest absolute Gasteiger partial charge is 0.234 e. The molecule has 1 N–H and O–H groups in total. The van der Waals surface area contributed by atoms with Gasteiger partial charge >= 0.3 is 0 Å². The summed E-state index contributed by atoms with van der Waals surface area (Å²) < 4.78 is 5.76. The number of ketones is 1. The topological polar surface area (TPSA) is 84.4 Å². The van der Waals surface area contributed by atoms with Gasteiger partial charge < -0.3 is 15.0 Å². The number of morpholine rings is 1. The number of nitrogens with one attached hydrogen (secondary N) is 1. The van der Waals surface area contributed by atoms with Crippen LogP contribution in [0, 0.1) is 0 Å². The summed E-state index contributed by atoms with van der Waals surface area (Å²) >= 11 is 1.36. The van der Waals surface area contributed by atoms with Gasteiger partial charge in [0.1, 0.15) is 17.2 Å². The number of nitrogens with zero attached hydrogens (tertiary/aromatic N) is 3. The largest absolute Gasteiger partial charge is 0.372 e. The maximum Gasteiger partial charge on any atom is 0.234 e. The molecule has 0 aliphatic carbocycles. The lowest BCUT2D eigenvalue weighted by atomic mass is 10.1. The third-order valence-electron chi connectivity index (χ3n) is 4.30. The van der Waals surface area contributed by atoms with Crippen LogP contribution in [0.5, 0.6) is 0 Å². The number of carbonyl (C=O) groups is 2. The van der Waals surface area contributed by atoms with Gasteiger partial charge in [0.05, 0.1) is 18.0 Å². The normalized spacial score (nSPS) is 19.3. The predicted octanol–water partition coefficient (Wildman–Crippen LogP) is 3.02. The van der Waals surface area contributed by atoms with Gasteiger partial charge in [-0.05, 0) is 45.0 Å². The molecule has 0 saturated carbocycles. The minimum Gasteiger partial charge on any atom is -0.372 e. The molecule has 1 aliphatic heterocycles. The third-order valence-corrected chi connectivity index (χ3v) is 5.22. The number of carbonyl (C=O) groups excluding carboxylic acids is 2. The minimum atomic E-state index is -0.130. The minimum absolute atomic E-state index is 0.00273. The summed E-state index contributed by atoms with van der Waals surface area (Å²) in [5.41, 5.74) is 1.28. The second-order valence-corrected chi connectivity index (χ2v) is 7.84. The molecular weight excluding hydrogens is 376 g/mol. The number of hydrogen-bond donors (Lipinski definition) is 1. The van der Waals surface area contributed by atoms with E-state index >= 15 is 0 Å². The number of hydrogen-bond acceptors (Lipinski definition) is 7. The Labute approximate surface area is 168 Å². The van der Waals surface area contributed by atoms with E-state index in [0.717, 1.165) is 23.9 Å². The Morgan fingerprint density at radius 2 is 1.86 bits per heavy atom. The maximum atomic E-state index is 12.2. The monoisotopic (exact) mass is 400 g/mol. The number of Topliss-reactive ketones (excluding diaryl/α,β-unsaturated/α-hetero) is 1. The highest BCUT2D eigenvalue weighted by atomic mass is 32.2. The lowest BCUT2D eigenvalue weighted by Crippen LogP contribution is -2.45. The van der Waals surface area contributed by atoms with Gasteiger partial charge in [-0.1, -0.05) is 11.8 Å². The van der Waals surface area contributed by atoms with Gasteiger partial charge in [0.25, 0.3) is 0 Å². The summed E-state index contributed by atoms with van der Waals surface area (Å²) in [4.78, 5) is 34.3. The van der Waals surface area contributed by atoms with E-state index in [1.54, 1.807) is 24.3 Å². The standard InChI is InChI=1S/C20H24N4O3S/c1-13-9-24(10-14(2)27-13)18-8-20(22-12-21-18)28-11-19(26)23-17-6-4-16(5-7-17)15(3)25/h4-8,12-14H,9-11H2,1-3H3,(H,23,26). The van der Waals surface area contributed by atoms with Crippen molar-refractivity contribution < 1.29 is 14.3 Å². The maximum absolute atomic E-state index is 12.2. The van der Waals surface area contributed by atoms with Crippen LogP contribution in [-0.4, -0.2) is 52.7 Å². The molecule has 0 spiro atoms. The van der Waals surface area contributed by atoms with Gasteiger partial charge in [0.2, 0.25) is 5.91 Å². The molecule has 3 rings (SSSR count). The van der Waals surface area contributed by atoms with Crippen LogP contribution in [0.3, 0.4) is 0 Å². The van der Waals surface area contributed by atoms with Crippen molar-refractivity contribution in [2.45, 2.75) is 38.0 Å². The number of rotatable bonds is 6. The zero-order valence-corrected chi connectivity index (χ0v) is 17.0. The van der Waals surface area contributed by atoms with Crippen LogP contribution in [0.4, 0.5) is 11.5 Å². The Kier molecular flexibility index (Phi) is 6.64. The second kappa shape index (κ2) is 9.16. The molecule has 1 saturated heterocycles. The summed E-state index contributed by atoms with van der Waals surface area (Å²) in [6, 6.07) is 8.76. The molecule has 2 unspecified atom stereocenters. The van der Waals surface area contributed by atoms with Crippen molar-refractivity contribution in [2.24, 2.45) is 0 Å². The van der Waals surface area contributed by atoms with E-state index in [1.165, 1.54) is 25.0 Å². The summed E-state index contributed by atoms with van der Waals surface area (Å²) in [6.45, 7) is 7.17.